The van der Waals surface area contributed by atoms with Crippen LogP contribution >= 0.6 is 11.8 Å². The van der Waals surface area contributed by atoms with E-state index in [1.165, 1.54) is 11.8 Å². The number of rotatable bonds is 5. The summed E-state index contributed by atoms with van der Waals surface area (Å²) in [6.07, 6.45) is 1.94. The van der Waals surface area contributed by atoms with Gasteiger partial charge in [0.1, 0.15) is 11.5 Å². The molecule has 0 N–H and O–H groups in total. The van der Waals surface area contributed by atoms with Crippen LogP contribution in [0.3, 0.4) is 0 Å². The molecule has 0 unspecified atom stereocenters. The minimum absolute atomic E-state index is 0.000318. The van der Waals surface area contributed by atoms with Gasteiger partial charge in [0.25, 0.3) is 0 Å². The maximum absolute atomic E-state index is 12.5. The summed E-state index contributed by atoms with van der Waals surface area (Å²) >= 11 is 1.53. The van der Waals surface area contributed by atoms with Crippen molar-refractivity contribution in [2.45, 2.75) is 4.90 Å². The van der Waals surface area contributed by atoms with E-state index in [0.717, 1.165) is 16.4 Å². The predicted octanol–water partition coefficient (Wildman–Crippen LogP) is 3.66. The third kappa shape index (κ3) is 2.96. The molecule has 0 saturated carbocycles. The number of carbonyl (C=O) groups is 1. The molecule has 2 aromatic carbocycles. The lowest BCUT2D eigenvalue weighted by Crippen LogP contribution is -2.03. The van der Waals surface area contributed by atoms with E-state index in [2.05, 4.69) is 0 Å². The molecule has 0 aliphatic rings. The maximum Gasteiger partial charge on any atom is 0.194 e. The smallest absolute Gasteiger partial charge is 0.194 e. The SMILES string of the molecule is COc1ccc(C(=O)c2ccc(OC)cc2SC)cc1. The van der Waals surface area contributed by atoms with Gasteiger partial charge in [0, 0.05) is 16.0 Å². The first-order valence-corrected chi connectivity index (χ1v) is 7.33. The van der Waals surface area contributed by atoms with E-state index in [9.17, 15) is 4.79 Å². The van der Waals surface area contributed by atoms with E-state index >= 15 is 0 Å². The second-order valence-electron chi connectivity index (χ2n) is 4.12. The van der Waals surface area contributed by atoms with Gasteiger partial charge < -0.3 is 9.47 Å². The Kier molecular flexibility index (Phi) is 4.69. The second kappa shape index (κ2) is 6.48. The van der Waals surface area contributed by atoms with Gasteiger partial charge in [-0.15, -0.1) is 11.8 Å². The highest BCUT2D eigenvalue weighted by Crippen LogP contribution is 2.27. The molecule has 0 saturated heterocycles. The average molecular weight is 288 g/mol. The van der Waals surface area contributed by atoms with Gasteiger partial charge in [-0.2, -0.15) is 0 Å². The lowest BCUT2D eigenvalue weighted by molar-refractivity contribution is 0.103. The Hall–Kier alpha value is -1.94. The normalized spacial score (nSPS) is 10.2. The molecule has 0 fully saturated rings. The molecule has 0 heterocycles. The molecule has 0 amide bonds. The molecule has 0 bridgehead atoms. The zero-order chi connectivity index (χ0) is 14.5. The fraction of sp³-hybridized carbons (Fsp3) is 0.188. The number of thioether (sulfide) groups is 1. The molecule has 20 heavy (non-hydrogen) atoms. The van der Waals surface area contributed by atoms with Crippen molar-refractivity contribution in [1.82, 2.24) is 0 Å². The molecule has 0 aromatic heterocycles. The fourth-order valence-corrected chi connectivity index (χ4v) is 2.50. The highest BCUT2D eigenvalue weighted by atomic mass is 32.2. The van der Waals surface area contributed by atoms with Crippen molar-refractivity contribution in [2.75, 3.05) is 20.5 Å². The molecule has 104 valence electrons. The van der Waals surface area contributed by atoms with Crippen LogP contribution < -0.4 is 9.47 Å². The molecule has 2 rings (SSSR count). The first-order chi connectivity index (χ1) is 9.69. The van der Waals surface area contributed by atoms with Crippen LogP contribution in [-0.4, -0.2) is 26.3 Å². The summed E-state index contributed by atoms with van der Waals surface area (Å²) < 4.78 is 10.3. The van der Waals surface area contributed by atoms with Gasteiger partial charge in [0.05, 0.1) is 14.2 Å². The number of methoxy groups -OCH3 is 2. The van der Waals surface area contributed by atoms with Crippen molar-refractivity contribution in [1.29, 1.82) is 0 Å². The summed E-state index contributed by atoms with van der Waals surface area (Å²) in [6.45, 7) is 0. The van der Waals surface area contributed by atoms with Crippen molar-refractivity contribution in [3.05, 3.63) is 53.6 Å². The van der Waals surface area contributed by atoms with Crippen LogP contribution in [0.4, 0.5) is 0 Å². The van der Waals surface area contributed by atoms with Crippen LogP contribution in [0, 0.1) is 0 Å². The number of hydrogen-bond donors (Lipinski definition) is 0. The largest absolute Gasteiger partial charge is 0.497 e. The van der Waals surface area contributed by atoms with Gasteiger partial charge in [0.15, 0.2) is 5.78 Å². The second-order valence-corrected chi connectivity index (χ2v) is 4.97. The van der Waals surface area contributed by atoms with E-state index in [4.69, 9.17) is 9.47 Å². The van der Waals surface area contributed by atoms with Gasteiger partial charge in [-0.1, -0.05) is 0 Å². The highest BCUT2D eigenvalue weighted by Gasteiger charge is 2.14. The molecular weight excluding hydrogens is 272 g/mol. The minimum Gasteiger partial charge on any atom is -0.497 e. The standard InChI is InChI=1S/C16H16O3S/c1-18-12-6-4-11(5-7-12)16(17)14-9-8-13(19-2)10-15(14)20-3/h4-10H,1-3H3. The third-order valence-corrected chi connectivity index (χ3v) is 3.78. The highest BCUT2D eigenvalue weighted by molar-refractivity contribution is 7.98. The molecule has 0 radical (unpaired) electrons. The lowest BCUT2D eigenvalue weighted by Gasteiger charge is -2.09. The molecule has 0 atom stereocenters. The predicted molar refractivity (Wildman–Crippen MR) is 81.2 cm³/mol. The third-order valence-electron chi connectivity index (χ3n) is 3.01. The van der Waals surface area contributed by atoms with Crippen molar-refractivity contribution >= 4 is 17.5 Å². The minimum atomic E-state index is -0.000318. The first-order valence-electron chi connectivity index (χ1n) is 6.10. The summed E-state index contributed by atoms with van der Waals surface area (Å²) in [5.74, 6) is 1.49. The summed E-state index contributed by atoms with van der Waals surface area (Å²) in [5.41, 5.74) is 1.33. The quantitative estimate of drug-likeness (QED) is 0.621. The molecule has 3 nitrogen and oxygen atoms in total. The van der Waals surface area contributed by atoms with Crippen molar-refractivity contribution in [2.24, 2.45) is 0 Å². The zero-order valence-electron chi connectivity index (χ0n) is 11.7. The molecule has 0 aliphatic heterocycles. The monoisotopic (exact) mass is 288 g/mol. The van der Waals surface area contributed by atoms with E-state index in [1.54, 1.807) is 50.6 Å². The Morgan fingerprint density at radius 1 is 0.950 bits per heavy atom. The number of ketones is 1. The van der Waals surface area contributed by atoms with Gasteiger partial charge in [-0.25, -0.2) is 0 Å². The fourth-order valence-electron chi connectivity index (χ4n) is 1.88. The van der Waals surface area contributed by atoms with Crippen LogP contribution in [0.2, 0.25) is 0 Å². The van der Waals surface area contributed by atoms with Gasteiger partial charge >= 0.3 is 0 Å². The average Bonchev–Trinajstić information content (AvgIpc) is 2.53. The van der Waals surface area contributed by atoms with Crippen LogP contribution in [0.15, 0.2) is 47.4 Å². The molecular formula is C16H16O3S. The van der Waals surface area contributed by atoms with Gasteiger partial charge in [0.2, 0.25) is 0 Å². The van der Waals surface area contributed by atoms with Gasteiger partial charge in [-0.3, -0.25) is 4.79 Å². The number of hydrogen-bond acceptors (Lipinski definition) is 4. The number of benzene rings is 2. The topological polar surface area (TPSA) is 35.5 Å². The lowest BCUT2D eigenvalue weighted by atomic mass is 10.0. The summed E-state index contributed by atoms with van der Waals surface area (Å²) in [4.78, 5) is 13.4. The Labute approximate surface area is 122 Å². The number of carbonyl (C=O) groups excluding carboxylic acids is 1. The Balaban J connectivity index is 2.36. The molecule has 2 aromatic rings. The van der Waals surface area contributed by atoms with Crippen molar-refractivity contribution < 1.29 is 14.3 Å². The zero-order valence-corrected chi connectivity index (χ0v) is 12.5. The van der Waals surface area contributed by atoms with Crippen molar-refractivity contribution in [3.8, 4) is 11.5 Å². The van der Waals surface area contributed by atoms with E-state index in [1.807, 2.05) is 12.3 Å². The number of ether oxygens (including phenoxy) is 2. The van der Waals surface area contributed by atoms with Crippen LogP contribution in [0.5, 0.6) is 11.5 Å². The maximum atomic E-state index is 12.5. The first kappa shape index (κ1) is 14.5. The van der Waals surface area contributed by atoms with E-state index in [0.29, 0.717) is 11.1 Å². The summed E-state index contributed by atoms with van der Waals surface area (Å²) in [7, 11) is 3.22. The Morgan fingerprint density at radius 3 is 2.10 bits per heavy atom. The van der Waals surface area contributed by atoms with Crippen LogP contribution in [0.1, 0.15) is 15.9 Å². The molecule has 0 spiro atoms. The Morgan fingerprint density at radius 2 is 1.55 bits per heavy atom. The van der Waals surface area contributed by atoms with Crippen LogP contribution in [-0.2, 0) is 0 Å². The van der Waals surface area contributed by atoms with Crippen molar-refractivity contribution in [3.63, 3.8) is 0 Å². The van der Waals surface area contributed by atoms with Crippen LogP contribution in [0.25, 0.3) is 0 Å². The summed E-state index contributed by atoms with van der Waals surface area (Å²) in [6, 6.07) is 12.6. The molecule has 0 aliphatic carbocycles. The van der Waals surface area contributed by atoms with Gasteiger partial charge in [-0.05, 0) is 48.7 Å². The summed E-state index contributed by atoms with van der Waals surface area (Å²) in [5, 5.41) is 0. The van der Waals surface area contributed by atoms with E-state index in [-0.39, 0.29) is 5.78 Å². The van der Waals surface area contributed by atoms with E-state index < -0.39 is 0 Å². The molecule has 4 heteroatoms. The Bertz CT molecular complexity index is 606.